The van der Waals surface area contributed by atoms with Gasteiger partial charge in [0.25, 0.3) is 5.91 Å². The van der Waals surface area contributed by atoms with E-state index >= 15 is 0 Å². The summed E-state index contributed by atoms with van der Waals surface area (Å²) in [5, 5.41) is 0. The van der Waals surface area contributed by atoms with Crippen molar-refractivity contribution in [2.75, 3.05) is 13.1 Å². The Hall–Kier alpha value is -1.42. The van der Waals surface area contributed by atoms with Gasteiger partial charge < -0.3 is 10.6 Å². The average Bonchev–Trinajstić information content (AvgIpc) is 3.19. The van der Waals surface area contributed by atoms with Crippen LogP contribution in [0.4, 0.5) is 0 Å². The fourth-order valence-electron chi connectivity index (χ4n) is 1.96. The molecule has 1 aromatic rings. The van der Waals surface area contributed by atoms with Crippen LogP contribution in [0.5, 0.6) is 0 Å². The van der Waals surface area contributed by atoms with Crippen molar-refractivity contribution < 1.29 is 4.79 Å². The maximum Gasteiger partial charge on any atom is 0.253 e. The number of nitrogens with two attached hydrogens (primary N) is 1. The third-order valence-corrected chi connectivity index (χ3v) is 3.47. The number of carbonyl (C=O) groups is 1. The quantitative estimate of drug-likeness (QED) is 0.827. The van der Waals surface area contributed by atoms with Gasteiger partial charge in [-0.1, -0.05) is 24.4 Å². The van der Waals surface area contributed by atoms with Crippen molar-refractivity contribution >= 4 is 23.1 Å². The van der Waals surface area contributed by atoms with Crippen molar-refractivity contribution in [3.05, 3.63) is 35.4 Å². The summed E-state index contributed by atoms with van der Waals surface area (Å²) in [6.45, 7) is 3.62. The number of hydrogen-bond acceptors (Lipinski definition) is 2. The molecule has 1 amide bonds. The molecule has 1 aliphatic carbocycles. The van der Waals surface area contributed by atoms with Crippen molar-refractivity contribution in [3.8, 4) is 0 Å². The molecule has 2 N–H and O–H groups in total. The van der Waals surface area contributed by atoms with Gasteiger partial charge in [-0.25, -0.2) is 0 Å². The molecular formula is C14H18N2OS. The summed E-state index contributed by atoms with van der Waals surface area (Å²) in [6, 6.07) is 7.25. The van der Waals surface area contributed by atoms with Gasteiger partial charge in [-0.15, -0.1) is 0 Å². The van der Waals surface area contributed by atoms with E-state index in [0.717, 1.165) is 18.7 Å². The molecule has 1 fully saturated rings. The number of amides is 1. The summed E-state index contributed by atoms with van der Waals surface area (Å²) < 4.78 is 0. The molecule has 2 rings (SSSR count). The number of hydrogen-bond donors (Lipinski definition) is 1. The van der Waals surface area contributed by atoms with Gasteiger partial charge >= 0.3 is 0 Å². The van der Waals surface area contributed by atoms with Gasteiger partial charge in [0.05, 0.1) is 0 Å². The second-order valence-electron chi connectivity index (χ2n) is 4.73. The van der Waals surface area contributed by atoms with E-state index in [-0.39, 0.29) is 5.91 Å². The van der Waals surface area contributed by atoms with Crippen LogP contribution in [0.1, 0.15) is 35.7 Å². The molecule has 0 radical (unpaired) electrons. The van der Waals surface area contributed by atoms with E-state index in [1.54, 1.807) is 6.07 Å². The Bertz CT molecular complexity index is 469. The van der Waals surface area contributed by atoms with Crippen LogP contribution < -0.4 is 5.73 Å². The van der Waals surface area contributed by atoms with Gasteiger partial charge in [0.1, 0.15) is 4.99 Å². The van der Waals surface area contributed by atoms with Crippen LogP contribution in [0.15, 0.2) is 24.3 Å². The Morgan fingerprint density at radius 1 is 1.44 bits per heavy atom. The van der Waals surface area contributed by atoms with E-state index in [0.29, 0.717) is 16.5 Å². The Balaban J connectivity index is 2.15. The minimum absolute atomic E-state index is 0.0718. The molecule has 1 saturated carbocycles. The van der Waals surface area contributed by atoms with Crippen LogP contribution in [0, 0.1) is 5.92 Å². The summed E-state index contributed by atoms with van der Waals surface area (Å²) in [6.07, 6.45) is 2.49. The van der Waals surface area contributed by atoms with Crippen LogP contribution in [-0.4, -0.2) is 28.9 Å². The zero-order chi connectivity index (χ0) is 13.1. The van der Waals surface area contributed by atoms with E-state index in [1.165, 1.54) is 12.8 Å². The maximum absolute atomic E-state index is 12.4. The van der Waals surface area contributed by atoms with E-state index in [1.807, 2.05) is 30.0 Å². The standard InChI is InChI=1S/C14H18N2OS/c1-2-16(9-10-6-7-10)14(17)12-5-3-4-11(8-12)13(15)18/h3-5,8,10H,2,6-7,9H2,1H3,(H2,15,18). The van der Waals surface area contributed by atoms with Crippen molar-refractivity contribution in [1.82, 2.24) is 4.90 Å². The number of rotatable bonds is 5. The molecule has 18 heavy (non-hydrogen) atoms. The predicted octanol–water partition coefficient (Wildman–Crippen LogP) is 2.19. The molecule has 0 aromatic heterocycles. The van der Waals surface area contributed by atoms with E-state index in [4.69, 9.17) is 18.0 Å². The van der Waals surface area contributed by atoms with Gasteiger partial charge in [0.2, 0.25) is 0 Å². The van der Waals surface area contributed by atoms with Crippen LogP contribution in [0.2, 0.25) is 0 Å². The first kappa shape index (κ1) is 13.0. The Labute approximate surface area is 113 Å². The topological polar surface area (TPSA) is 46.3 Å². The van der Waals surface area contributed by atoms with Gasteiger partial charge in [0, 0.05) is 24.2 Å². The van der Waals surface area contributed by atoms with Crippen molar-refractivity contribution in [2.45, 2.75) is 19.8 Å². The molecule has 1 aliphatic rings. The zero-order valence-electron chi connectivity index (χ0n) is 10.6. The van der Waals surface area contributed by atoms with Crippen molar-refractivity contribution in [2.24, 2.45) is 11.7 Å². The predicted molar refractivity (Wildman–Crippen MR) is 76.6 cm³/mol. The molecule has 96 valence electrons. The minimum Gasteiger partial charge on any atom is -0.389 e. The normalized spacial score (nSPS) is 14.3. The van der Waals surface area contributed by atoms with Crippen molar-refractivity contribution in [1.29, 1.82) is 0 Å². The van der Waals surface area contributed by atoms with Gasteiger partial charge in [-0.3, -0.25) is 4.79 Å². The molecule has 0 bridgehead atoms. The van der Waals surface area contributed by atoms with E-state index in [9.17, 15) is 4.79 Å². The van der Waals surface area contributed by atoms with Crippen molar-refractivity contribution in [3.63, 3.8) is 0 Å². The highest BCUT2D eigenvalue weighted by molar-refractivity contribution is 7.80. The second kappa shape index (κ2) is 5.48. The zero-order valence-corrected chi connectivity index (χ0v) is 11.4. The van der Waals surface area contributed by atoms with Gasteiger partial charge in [-0.2, -0.15) is 0 Å². The first-order valence-electron chi connectivity index (χ1n) is 6.31. The van der Waals surface area contributed by atoms with Crippen LogP contribution in [-0.2, 0) is 0 Å². The fraction of sp³-hybridized carbons (Fsp3) is 0.429. The first-order chi connectivity index (χ1) is 8.61. The average molecular weight is 262 g/mol. The number of carbonyl (C=O) groups excluding carboxylic acids is 1. The lowest BCUT2D eigenvalue weighted by Crippen LogP contribution is -2.32. The molecule has 4 heteroatoms. The summed E-state index contributed by atoms with van der Waals surface area (Å²) >= 11 is 4.94. The highest BCUT2D eigenvalue weighted by atomic mass is 32.1. The minimum atomic E-state index is 0.0718. The maximum atomic E-state index is 12.4. The fourth-order valence-corrected chi connectivity index (χ4v) is 2.08. The lowest BCUT2D eigenvalue weighted by atomic mass is 10.1. The third-order valence-electron chi connectivity index (χ3n) is 3.24. The smallest absolute Gasteiger partial charge is 0.253 e. The Morgan fingerprint density at radius 3 is 2.67 bits per heavy atom. The largest absolute Gasteiger partial charge is 0.389 e. The number of nitrogens with zero attached hydrogens (tertiary/aromatic N) is 1. The van der Waals surface area contributed by atoms with Crippen LogP contribution >= 0.6 is 12.2 Å². The highest BCUT2D eigenvalue weighted by Crippen LogP contribution is 2.30. The van der Waals surface area contributed by atoms with Gasteiger partial charge in [0.15, 0.2) is 0 Å². The summed E-state index contributed by atoms with van der Waals surface area (Å²) in [4.78, 5) is 14.6. The lowest BCUT2D eigenvalue weighted by molar-refractivity contribution is 0.0757. The summed E-state index contributed by atoms with van der Waals surface area (Å²) in [7, 11) is 0. The molecule has 0 unspecified atom stereocenters. The highest BCUT2D eigenvalue weighted by Gasteiger charge is 2.26. The van der Waals surface area contributed by atoms with E-state index in [2.05, 4.69) is 0 Å². The summed E-state index contributed by atoms with van der Waals surface area (Å²) in [5.74, 6) is 0.773. The third kappa shape index (κ3) is 3.07. The molecule has 3 nitrogen and oxygen atoms in total. The van der Waals surface area contributed by atoms with E-state index < -0.39 is 0 Å². The molecule has 0 heterocycles. The summed E-state index contributed by atoms with van der Waals surface area (Å²) in [5.41, 5.74) is 7.01. The van der Waals surface area contributed by atoms with Crippen LogP contribution in [0.25, 0.3) is 0 Å². The number of thiocarbonyl (C=S) groups is 1. The second-order valence-corrected chi connectivity index (χ2v) is 5.17. The lowest BCUT2D eigenvalue weighted by Gasteiger charge is -2.21. The number of benzene rings is 1. The molecule has 1 aromatic carbocycles. The molecule has 0 spiro atoms. The first-order valence-corrected chi connectivity index (χ1v) is 6.71. The monoisotopic (exact) mass is 262 g/mol. The SMILES string of the molecule is CCN(CC1CC1)C(=O)c1cccc(C(N)=S)c1. The van der Waals surface area contributed by atoms with Crippen LogP contribution in [0.3, 0.4) is 0 Å². The molecule has 0 atom stereocenters. The molecular weight excluding hydrogens is 244 g/mol. The molecule has 0 aliphatic heterocycles. The Morgan fingerprint density at radius 2 is 2.11 bits per heavy atom. The molecule has 0 saturated heterocycles. The van der Waals surface area contributed by atoms with Gasteiger partial charge in [-0.05, 0) is 37.8 Å². The Kier molecular flexibility index (Phi) is 3.97.